The van der Waals surface area contributed by atoms with Gasteiger partial charge in [-0.2, -0.15) is 13.2 Å². The molecule has 2 aromatic rings. The maximum Gasteiger partial charge on any atom is 0.416 e. The third-order valence-corrected chi connectivity index (χ3v) is 4.99. The fourth-order valence-corrected chi connectivity index (χ4v) is 3.57. The van der Waals surface area contributed by atoms with Crippen molar-refractivity contribution in [1.29, 1.82) is 0 Å². The summed E-state index contributed by atoms with van der Waals surface area (Å²) in [6.45, 7) is 3.19. The molecule has 1 unspecified atom stereocenters. The molecule has 0 fully saturated rings. The lowest BCUT2D eigenvalue weighted by Gasteiger charge is -2.33. The van der Waals surface area contributed by atoms with Gasteiger partial charge in [-0.25, -0.2) is 4.79 Å². The lowest BCUT2D eigenvalue weighted by Crippen LogP contribution is -2.43. The SMILES string of the molecule is CCOC(=O)C1=C(C)N(c2ccccc2)C(=O)CC1C(=O)Nc1cccc(C(F)(F)F)c1. The first kappa shape index (κ1) is 23.1. The summed E-state index contributed by atoms with van der Waals surface area (Å²) in [7, 11) is 0. The number of esters is 1. The number of nitrogens with one attached hydrogen (secondary N) is 1. The number of hydrogen-bond acceptors (Lipinski definition) is 4. The molecule has 32 heavy (non-hydrogen) atoms. The first-order valence-corrected chi connectivity index (χ1v) is 9.87. The number of rotatable bonds is 5. The van der Waals surface area contributed by atoms with Crippen LogP contribution in [0.15, 0.2) is 65.9 Å². The van der Waals surface area contributed by atoms with Gasteiger partial charge < -0.3 is 10.1 Å². The molecule has 3 rings (SSSR count). The van der Waals surface area contributed by atoms with Gasteiger partial charge in [0, 0.05) is 23.5 Å². The predicted octanol–water partition coefficient (Wildman–Crippen LogP) is 4.53. The summed E-state index contributed by atoms with van der Waals surface area (Å²) in [5.41, 5.74) is -0.283. The summed E-state index contributed by atoms with van der Waals surface area (Å²) in [6.07, 6.45) is -4.92. The van der Waals surface area contributed by atoms with E-state index in [1.165, 1.54) is 17.9 Å². The first-order valence-electron chi connectivity index (χ1n) is 9.87. The highest BCUT2D eigenvalue weighted by Crippen LogP contribution is 2.35. The lowest BCUT2D eigenvalue weighted by molar-refractivity contribution is -0.141. The lowest BCUT2D eigenvalue weighted by atomic mass is 9.88. The second-order valence-corrected chi connectivity index (χ2v) is 7.11. The van der Waals surface area contributed by atoms with E-state index in [-0.39, 0.29) is 30.0 Å². The maximum absolute atomic E-state index is 13.0. The van der Waals surface area contributed by atoms with Crippen LogP contribution >= 0.6 is 0 Å². The summed E-state index contributed by atoms with van der Waals surface area (Å²) >= 11 is 0. The minimum absolute atomic E-state index is 0.0141. The molecule has 6 nitrogen and oxygen atoms in total. The molecule has 1 aliphatic heterocycles. The fraction of sp³-hybridized carbons (Fsp3) is 0.261. The van der Waals surface area contributed by atoms with Crippen molar-refractivity contribution in [2.75, 3.05) is 16.8 Å². The Hall–Kier alpha value is -3.62. The molecule has 0 saturated heterocycles. The van der Waals surface area contributed by atoms with Crippen LogP contribution in [0.25, 0.3) is 0 Å². The van der Waals surface area contributed by atoms with Gasteiger partial charge in [0.15, 0.2) is 0 Å². The molecule has 2 amide bonds. The molecular formula is C23H21F3N2O4. The molecule has 0 aromatic heterocycles. The third kappa shape index (κ3) is 4.82. The summed E-state index contributed by atoms with van der Waals surface area (Å²) in [5.74, 6) is -3.17. The third-order valence-electron chi connectivity index (χ3n) is 4.99. The van der Waals surface area contributed by atoms with Crippen LogP contribution in [0.1, 0.15) is 25.8 Å². The second kappa shape index (κ2) is 9.25. The van der Waals surface area contributed by atoms with Crippen molar-refractivity contribution in [1.82, 2.24) is 0 Å². The van der Waals surface area contributed by atoms with E-state index >= 15 is 0 Å². The second-order valence-electron chi connectivity index (χ2n) is 7.11. The summed E-state index contributed by atoms with van der Waals surface area (Å²) in [4.78, 5) is 39.9. The van der Waals surface area contributed by atoms with Crippen molar-refractivity contribution >= 4 is 29.2 Å². The zero-order valence-electron chi connectivity index (χ0n) is 17.4. The number of allylic oxidation sites excluding steroid dienone is 1. The standard InChI is InChI=1S/C23H21F3N2O4/c1-3-32-22(31)20-14(2)28(17-10-5-4-6-11-17)19(29)13-18(20)21(30)27-16-9-7-8-15(12-16)23(24,25)26/h4-12,18H,3,13H2,1-2H3,(H,27,30). The van der Waals surface area contributed by atoms with Gasteiger partial charge in [0.05, 0.1) is 23.7 Å². The Morgan fingerprint density at radius 2 is 1.81 bits per heavy atom. The van der Waals surface area contributed by atoms with Gasteiger partial charge in [-0.15, -0.1) is 0 Å². The molecule has 0 bridgehead atoms. The molecule has 0 saturated carbocycles. The van der Waals surface area contributed by atoms with E-state index in [0.717, 1.165) is 18.2 Å². The number of ether oxygens (including phenoxy) is 1. The van der Waals surface area contributed by atoms with Crippen LogP contribution in [0.4, 0.5) is 24.5 Å². The Morgan fingerprint density at radius 3 is 2.44 bits per heavy atom. The van der Waals surface area contributed by atoms with Crippen LogP contribution in [0, 0.1) is 5.92 Å². The number of carbonyl (C=O) groups is 3. The summed E-state index contributed by atoms with van der Waals surface area (Å²) in [6, 6.07) is 12.7. The zero-order valence-corrected chi connectivity index (χ0v) is 17.4. The number of benzene rings is 2. The number of alkyl halides is 3. The number of nitrogens with zero attached hydrogens (tertiary/aromatic N) is 1. The van der Waals surface area contributed by atoms with Crippen LogP contribution in [0.2, 0.25) is 0 Å². The van der Waals surface area contributed by atoms with Crippen LogP contribution in [0.3, 0.4) is 0 Å². The average Bonchev–Trinajstić information content (AvgIpc) is 2.73. The van der Waals surface area contributed by atoms with E-state index in [4.69, 9.17) is 4.74 Å². The summed E-state index contributed by atoms with van der Waals surface area (Å²) in [5, 5.41) is 2.40. The first-order chi connectivity index (χ1) is 15.1. The summed E-state index contributed by atoms with van der Waals surface area (Å²) < 4.78 is 44.1. The van der Waals surface area contributed by atoms with Gasteiger partial charge in [-0.3, -0.25) is 14.5 Å². The quantitative estimate of drug-likeness (QED) is 0.685. The monoisotopic (exact) mass is 446 g/mol. The predicted molar refractivity (Wildman–Crippen MR) is 111 cm³/mol. The number of halogens is 3. The maximum atomic E-state index is 13.0. The highest BCUT2D eigenvalue weighted by atomic mass is 19.4. The van der Waals surface area contributed by atoms with Gasteiger partial charge in [0.25, 0.3) is 0 Å². The minimum Gasteiger partial charge on any atom is -0.463 e. The van der Waals surface area contributed by atoms with E-state index in [2.05, 4.69) is 5.32 Å². The van der Waals surface area contributed by atoms with Gasteiger partial charge in [0.1, 0.15) is 0 Å². The fourth-order valence-electron chi connectivity index (χ4n) is 3.57. The van der Waals surface area contributed by atoms with Crippen LogP contribution in [-0.4, -0.2) is 24.4 Å². The van der Waals surface area contributed by atoms with Crippen molar-refractivity contribution in [2.45, 2.75) is 26.4 Å². The Labute approximate surface area is 182 Å². The molecule has 1 N–H and O–H groups in total. The number of amides is 2. The molecule has 2 aromatic carbocycles. The largest absolute Gasteiger partial charge is 0.463 e. The number of anilines is 2. The van der Waals surface area contributed by atoms with E-state index in [1.54, 1.807) is 37.3 Å². The molecule has 1 heterocycles. The number of hydrogen-bond donors (Lipinski definition) is 1. The average molecular weight is 446 g/mol. The Morgan fingerprint density at radius 1 is 1.12 bits per heavy atom. The Bertz CT molecular complexity index is 1060. The van der Waals surface area contributed by atoms with Crippen molar-refractivity contribution in [3.05, 3.63) is 71.4 Å². The van der Waals surface area contributed by atoms with Gasteiger partial charge in [0.2, 0.25) is 11.8 Å². The highest BCUT2D eigenvalue weighted by Gasteiger charge is 2.40. The molecular weight excluding hydrogens is 425 g/mol. The van der Waals surface area contributed by atoms with E-state index in [9.17, 15) is 27.6 Å². The minimum atomic E-state index is -4.58. The van der Waals surface area contributed by atoms with Crippen LogP contribution in [-0.2, 0) is 25.3 Å². The van der Waals surface area contributed by atoms with E-state index < -0.39 is 35.4 Å². The van der Waals surface area contributed by atoms with Crippen molar-refractivity contribution < 1.29 is 32.3 Å². The molecule has 1 aliphatic rings. The van der Waals surface area contributed by atoms with Gasteiger partial charge in [-0.05, 0) is 44.2 Å². The Kier molecular flexibility index (Phi) is 6.67. The highest BCUT2D eigenvalue weighted by molar-refractivity contribution is 6.10. The molecule has 0 aliphatic carbocycles. The molecule has 9 heteroatoms. The van der Waals surface area contributed by atoms with Crippen molar-refractivity contribution in [2.24, 2.45) is 5.92 Å². The molecule has 0 radical (unpaired) electrons. The number of para-hydroxylation sites is 1. The smallest absolute Gasteiger partial charge is 0.416 e. The topological polar surface area (TPSA) is 75.7 Å². The van der Waals surface area contributed by atoms with E-state index in [0.29, 0.717) is 5.69 Å². The zero-order chi connectivity index (χ0) is 23.5. The van der Waals surface area contributed by atoms with Crippen molar-refractivity contribution in [3.8, 4) is 0 Å². The molecule has 1 atom stereocenters. The van der Waals surface area contributed by atoms with Crippen LogP contribution < -0.4 is 10.2 Å². The number of carbonyl (C=O) groups excluding carboxylic acids is 3. The van der Waals surface area contributed by atoms with Gasteiger partial charge >= 0.3 is 12.1 Å². The van der Waals surface area contributed by atoms with Crippen LogP contribution in [0.5, 0.6) is 0 Å². The van der Waals surface area contributed by atoms with E-state index in [1.807, 2.05) is 0 Å². The molecule has 168 valence electrons. The Balaban J connectivity index is 1.97. The molecule has 0 spiro atoms. The van der Waals surface area contributed by atoms with Gasteiger partial charge in [-0.1, -0.05) is 24.3 Å². The normalized spacial score (nSPS) is 16.7. The van der Waals surface area contributed by atoms with Crippen molar-refractivity contribution in [3.63, 3.8) is 0 Å².